The Bertz CT molecular complexity index is 1630. The van der Waals surface area contributed by atoms with E-state index in [0.29, 0.717) is 60.2 Å². The number of furan rings is 1. The molecule has 14 heteroatoms. The fourth-order valence-electron chi connectivity index (χ4n) is 4.48. The average molecular weight is 532 g/mol. The highest BCUT2D eigenvalue weighted by Gasteiger charge is 2.24. The summed E-state index contributed by atoms with van der Waals surface area (Å²) in [7, 11) is 1.32. The minimum absolute atomic E-state index is 0.0253. The summed E-state index contributed by atoms with van der Waals surface area (Å²) in [6, 6.07) is 11.0. The van der Waals surface area contributed by atoms with Crippen LogP contribution in [-0.4, -0.2) is 86.0 Å². The molecule has 1 aromatic carbocycles. The lowest BCUT2D eigenvalue weighted by Gasteiger charge is -2.36. The number of anilines is 2. The first kappa shape index (κ1) is 24.2. The third-order valence-electron chi connectivity index (χ3n) is 6.54. The van der Waals surface area contributed by atoms with Crippen LogP contribution in [0.2, 0.25) is 0 Å². The fourth-order valence-corrected chi connectivity index (χ4v) is 4.48. The smallest absolute Gasteiger partial charge is 0.343 e. The van der Waals surface area contributed by atoms with Crippen LogP contribution in [0.1, 0.15) is 0 Å². The number of nitrogens with two attached hydrogens (primary N) is 1. The molecule has 0 bridgehead atoms. The zero-order valence-electron chi connectivity index (χ0n) is 21.1. The van der Waals surface area contributed by atoms with E-state index in [2.05, 4.69) is 29.8 Å². The van der Waals surface area contributed by atoms with Gasteiger partial charge < -0.3 is 29.4 Å². The summed E-state index contributed by atoms with van der Waals surface area (Å²) >= 11 is 0. The molecule has 1 aliphatic rings. The Balaban J connectivity index is 1.11. The molecule has 5 aromatic rings. The summed E-state index contributed by atoms with van der Waals surface area (Å²) in [5.41, 5.74) is 8.11. The van der Waals surface area contributed by atoms with Gasteiger partial charge >= 0.3 is 5.97 Å². The van der Waals surface area contributed by atoms with Crippen molar-refractivity contribution < 1.29 is 23.5 Å². The molecule has 0 radical (unpaired) electrons. The second-order valence-electron chi connectivity index (χ2n) is 8.88. The number of rotatable bonds is 7. The van der Waals surface area contributed by atoms with Crippen LogP contribution in [-0.2, 0) is 20.9 Å². The van der Waals surface area contributed by atoms with Crippen LogP contribution in [0.3, 0.4) is 0 Å². The molecule has 0 spiro atoms. The van der Waals surface area contributed by atoms with E-state index in [1.165, 1.54) is 16.3 Å². The quantitative estimate of drug-likeness (QED) is 0.301. The highest BCUT2D eigenvalue weighted by Crippen LogP contribution is 2.24. The predicted octanol–water partition coefficient (Wildman–Crippen LogP) is 1.22. The number of carbonyl (C=O) groups is 2. The van der Waals surface area contributed by atoms with Crippen molar-refractivity contribution in [3.63, 3.8) is 0 Å². The van der Waals surface area contributed by atoms with Crippen LogP contribution in [0.4, 0.5) is 11.6 Å². The molecule has 0 atom stereocenters. The van der Waals surface area contributed by atoms with E-state index < -0.39 is 5.97 Å². The molecule has 14 nitrogen and oxygen atoms in total. The number of carbonyl (C=O) groups excluding carboxylic acids is 2. The van der Waals surface area contributed by atoms with Crippen LogP contribution in [0.15, 0.2) is 53.3 Å². The first-order chi connectivity index (χ1) is 19.0. The molecule has 6 rings (SSSR count). The summed E-state index contributed by atoms with van der Waals surface area (Å²) in [6.07, 6.45) is 3.16. The molecule has 1 aliphatic heterocycles. The molecule has 5 heterocycles. The minimum atomic E-state index is -0.437. The normalized spacial score (nSPS) is 13.8. The number of hydrogen-bond donors (Lipinski definition) is 1. The van der Waals surface area contributed by atoms with Crippen molar-refractivity contribution in [1.82, 2.24) is 34.3 Å². The number of benzene rings is 1. The van der Waals surface area contributed by atoms with Gasteiger partial charge in [-0.05, 0) is 36.4 Å². The van der Waals surface area contributed by atoms with Crippen LogP contribution >= 0.6 is 0 Å². The van der Waals surface area contributed by atoms with Gasteiger partial charge in [0.1, 0.15) is 12.3 Å². The SMILES string of the molecule is COC(=O)COc1ccc(N2CCN(C(=O)Cn3ncc4c3nc(N)n3nc(-c5ccco5)nc43)CC2)cc1. The monoisotopic (exact) mass is 531 g/mol. The summed E-state index contributed by atoms with van der Waals surface area (Å²) in [6.45, 7) is 2.37. The number of esters is 1. The Hall–Kier alpha value is -5.14. The Morgan fingerprint density at radius 2 is 1.85 bits per heavy atom. The average Bonchev–Trinajstić information content (AvgIpc) is 3.73. The lowest BCUT2D eigenvalue weighted by atomic mass is 10.2. The number of nitrogens with zero attached hydrogens (tertiary/aromatic N) is 8. The molecule has 2 N–H and O–H groups in total. The van der Waals surface area contributed by atoms with Gasteiger partial charge in [0.2, 0.25) is 17.7 Å². The maximum atomic E-state index is 13.1. The molecule has 4 aromatic heterocycles. The van der Waals surface area contributed by atoms with E-state index >= 15 is 0 Å². The summed E-state index contributed by atoms with van der Waals surface area (Å²) in [5.74, 6) is 1.10. The number of aromatic nitrogens is 6. The fraction of sp³-hybridized carbons (Fsp3) is 0.280. The van der Waals surface area contributed by atoms with E-state index in [9.17, 15) is 9.59 Å². The van der Waals surface area contributed by atoms with Crippen molar-refractivity contribution in [2.45, 2.75) is 6.54 Å². The van der Waals surface area contributed by atoms with E-state index in [4.69, 9.17) is 14.9 Å². The van der Waals surface area contributed by atoms with Gasteiger partial charge in [0.15, 0.2) is 23.7 Å². The van der Waals surface area contributed by atoms with Gasteiger partial charge in [-0.1, -0.05) is 0 Å². The molecule has 0 unspecified atom stereocenters. The van der Waals surface area contributed by atoms with Crippen molar-refractivity contribution in [1.29, 1.82) is 0 Å². The highest BCUT2D eigenvalue weighted by molar-refractivity contribution is 5.91. The van der Waals surface area contributed by atoms with E-state index in [1.807, 2.05) is 17.0 Å². The van der Waals surface area contributed by atoms with Gasteiger partial charge in [0.05, 0.1) is 25.0 Å². The zero-order valence-corrected chi connectivity index (χ0v) is 21.1. The third-order valence-corrected chi connectivity index (χ3v) is 6.54. The highest BCUT2D eigenvalue weighted by atomic mass is 16.6. The summed E-state index contributed by atoms with van der Waals surface area (Å²) < 4.78 is 18.3. The zero-order chi connectivity index (χ0) is 26.9. The van der Waals surface area contributed by atoms with E-state index in [-0.39, 0.29) is 25.0 Å². The van der Waals surface area contributed by atoms with Gasteiger partial charge in [-0.15, -0.1) is 5.10 Å². The Labute approximate surface area is 221 Å². The van der Waals surface area contributed by atoms with Crippen LogP contribution < -0.4 is 15.4 Å². The minimum Gasteiger partial charge on any atom is -0.482 e. The van der Waals surface area contributed by atoms with Crippen LogP contribution in [0, 0.1) is 0 Å². The predicted molar refractivity (Wildman–Crippen MR) is 139 cm³/mol. The summed E-state index contributed by atoms with van der Waals surface area (Å²) in [5, 5.41) is 9.41. The lowest BCUT2D eigenvalue weighted by Crippen LogP contribution is -2.49. The van der Waals surface area contributed by atoms with Crippen molar-refractivity contribution in [2.75, 3.05) is 50.5 Å². The number of amides is 1. The molecule has 1 fully saturated rings. The Morgan fingerprint density at radius 3 is 2.56 bits per heavy atom. The number of piperazine rings is 1. The molecule has 1 amide bonds. The largest absolute Gasteiger partial charge is 0.482 e. The first-order valence-electron chi connectivity index (χ1n) is 12.2. The molecular weight excluding hydrogens is 506 g/mol. The van der Waals surface area contributed by atoms with Crippen molar-refractivity contribution in [2.24, 2.45) is 0 Å². The van der Waals surface area contributed by atoms with Crippen molar-refractivity contribution >= 4 is 40.2 Å². The topological polar surface area (TPSA) is 159 Å². The Morgan fingerprint density at radius 1 is 1.05 bits per heavy atom. The molecule has 200 valence electrons. The summed E-state index contributed by atoms with van der Waals surface area (Å²) in [4.78, 5) is 37.4. The number of methoxy groups -OCH3 is 1. The molecule has 0 saturated carbocycles. The van der Waals surface area contributed by atoms with Gasteiger partial charge in [-0.3, -0.25) is 4.79 Å². The molecule has 39 heavy (non-hydrogen) atoms. The van der Waals surface area contributed by atoms with Crippen LogP contribution in [0.25, 0.3) is 28.3 Å². The Kier molecular flexibility index (Phi) is 6.19. The first-order valence-corrected chi connectivity index (χ1v) is 12.2. The second-order valence-corrected chi connectivity index (χ2v) is 8.88. The molecular formula is C25H25N9O5. The third kappa shape index (κ3) is 4.67. The standard InChI is InChI=1S/C25H25N9O5/c1-37-21(36)15-39-17-6-4-16(5-7-17)31-8-10-32(11-9-31)20(35)14-33-23-18(13-27-33)24-28-22(19-3-2-12-38-19)30-34(24)25(26)29-23/h2-7,12-13H,8-11,14-15H2,1H3,(H2,26,29). The van der Waals surface area contributed by atoms with E-state index in [0.717, 1.165) is 5.69 Å². The number of fused-ring (bicyclic) bond motifs is 3. The molecule has 0 aliphatic carbocycles. The van der Waals surface area contributed by atoms with Crippen LogP contribution in [0.5, 0.6) is 5.75 Å². The maximum absolute atomic E-state index is 13.1. The molecule has 1 saturated heterocycles. The van der Waals surface area contributed by atoms with Gasteiger partial charge in [-0.2, -0.15) is 14.6 Å². The van der Waals surface area contributed by atoms with Crippen molar-refractivity contribution in [3.05, 3.63) is 48.9 Å². The maximum Gasteiger partial charge on any atom is 0.343 e. The second kappa shape index (κ2) is 9.96. The van der Waals surface area contributed by atoms with Gasteiger partial charge in [0.25, 0.3) is 0 Å². The number of ether oxygens (including phenoxy) is 2. The lowest BCUT2D eigenvalue weighted by molar-refractivity contribution is -0.143. The van der Waals surface area contributed by atoms with E-state index in [1.54, 1.807) is 36.7 Å². The number of hydrogen-bond acceptors (Lipinski definition) is 11. The number of nitrogen functional groups attached to an aromatic ring is 1. The van der Waals surface area contributed by atoms with Crippen molar-refractivity contribution in [3.8, 4) is 17.3 Å². The van der Waals surface area contributed by atoms with Gasteiger partial charge in [-0.25, -0.2) is 14.5 Å². The van der Waals surface area contributed by atoms with Gasteiger partial charge in [0, 0.05) is 31.9 Å².